The largest absolute Gasteiger partial charge is 0.494 e. The monoisotopic (exact) mass is 731 g/mol. The van der Waals surface area contributed by atoms with Crippen LogP contribution < -0.4 is 14.5 Å². The number of benzene rings is 2. The number of thiophene rings is 1. The highest BCUT2D eigenvalue weighted by molar-refractivity contribution is 7.17. The van der Waals surface area contributed by atoms with Crippen LogP contribution in [0, 0.1) is 0 Å². The van der Waals surface area contributed by atoms with Crippen molar-refractivity contribution in [2.75, 3.05) is 55.9 Å². The van der Waals surface area contributed by atoms with E-state index >= 15 is 0 Å². The molecule has 0 saturated carbocycles. The van der Waals surface area contributed by atoms with Crippen LogP contribution in [-0.2, 0) is 19.7 Å². The average molecular weight is 732 g/mol. The van der Waals surface area contributed by atoms with Crippen LogP contribution in [0.5, 0.6) is 5.75 Å². The molecule has 0 radical (unpaired) electrons. The van der Waals surface area contributed by atoms with E-state index in [1.54, 1.807) is 4.90 Å². The van der Waals surface area contributed by atoms with Gasteiger partial charge in [0.05, 0.1) is 12.3 Å². The first-order valence-electron chi connectivity index (χ1n) is 20.5. The van der Waals surface area contributed by atoms with Gasteiger partial charge in [0.2, 0.25) is 5.91 Å². The van der Waals surface area contributed by atoms with Crippen LogP contribution in [-0.4, -0.2) is 62.8 Å². The molecule has 7 nitrogen and oxygen atoms in total. The number of hydrogen-bond acceptors (Lipinski definition) is 7. The number of hydrogen-bond donors (Lipinski definition) is 0. The number of piperazine rings is 1. The number of carbonyl (C=O) groups excluding carboxylic acids is 2. The number of amides is 1. The predicted octanol–water partition coefficient (Wildman–Crippen LogP) is 10.9. The van der Waals surface area contributed by atoms with Crippen LogP contribution in [0.3, 0.4) is 0 Å². The molecule has 1 aromatic heterocycles. The van der Waals surface area contributed by atoms with Crippen molar-refractivity contribution in [3.05, 3.63) is 53.4 Å². The smallest absolute Gasteiger partial charge is 0.307 e. The van der Waals surface area contributed by atoms with E-state index in [1.807, 2.05) is 23.5 Å². The van der Waals surface area contributed by atoms with Crippen LogP contribution in [0.1, 0.15) is 135 Å². The zero-order valence-corrected chi connectivity index (χ0v) is 33.3. The highest BCUT2D eigenvalue weighted by atomic mass is 32.1. The number of esters is 1. The fourth-order valence-electron chi connectivity index (χ4n) is 7.83. The summed E-state index contributed by atoms with van der Waals surface area (Å²) in [5.74, 6) is 0.509. The Kier molecular flexibility index (Phi) is 16.2. The quantitative estimate of drug-likeness (QED) is 0.0715. The van der Waals surface area contributed by atoms with E-state index in [-0.39, 0.29) is 24.0 Å². The number of nitrogens with zero attached hydrogens (tertiary/aromatic N) is 3. The summed E-state index contributed by atoms with van der Waals surface area (Å²) in [6, 6.07) is 14.9. The van der Waals surface area contributed by atoms with Gasteiger partial charge in [-0.3, -0.25) is 19.4 Å². The molecule has 0 unspecified atom stereocenters. The lowest BCUT2D eigenvalue weighted by Crippen LogP contribution is -2.46. The van der Waals surface area contributed by atoms with Crippen molar-refractivity contribution in [1.82, 2.24) is 4.90 Å². The molecule has 286 valence electrons. The maximum atomic E-state index is 13.3. The Morgan fingerprint density at radius 3 is 2.19 bits per heavy atom. The fourth-order valence-corrected chi connectivity index (χ4v) is 8.64. The Hall–Kier alpha value is -3.10. The summed E-state index contributed by atoms with van der Waals surface area (Å²) >= 11 is 1.81. The van der Waals surface area contributed by atoms with E-state index in [0.29, 0.717) is 19.4 Å². The fraction of sp³-hybridized carbons (Fsp3) is 0.636. The van der Waals surface area contributed by atoms with Gasteiger partial charge < -0.3 is 14.4 Å². The first-order chi connectivity index (χ1) is 25.4. The summed E-state index contributed by atoms with van der Waals surface area (Å²) in [5, 5.41) is 3.56. The Bertz CT molecular complexity index is 1530. The van der Waals surface area contributed by atoms with Gasteiger partial charge in [-0.2, -0.15) is 0 Å². The lowest BCUT2D eigenvalue weighted by Gasteiger charge is -2.38. The molecule has 0 bridgehead atoms. The Morgan fingerprint density at radius 1 is 0.788 bits per heavy atom. The molecule has 3 aromatic rings. The van der Waals surface area contributed by atoms with Crippen molar-refractivity contribution in [3.8, 4) is 5.75 Å². The zero-order valence-electron chi connectivity index (χ0n) is 32.5. The molecule has 5 rings (SSSR count). The highest BCUT2D eigenvalue weighted by Gasteiger charge is 2.37. The second-order valence-corrected chi connectivity index (χ2v) is 16.6. The minimum atomic E-state index is -0.291. The summed E-state index contributed by atoms with van der Waals surface area (Å²) < 4.78 is 13.2. The van der Waals surface area contributed by atoms with E-state index in [9.17, 15) is 9.59 Å². The third kappa shape index (κ3) is 12.0. The first kappa shape index (κ1) is 40.1. The summed E-state index contributed by atoms with van der Waals surface area (Å²) in [6.45, 7) is 12.4. The number of fused-ring (bicyclic) bond motifs is 2. The number of carbonyl (C=O) groups is 2. The van der Waals surface area contributed by atoms with Gasteiger partial charge in [0.1, 0.15) is 5.75 Å². The van der Waals surface area contributed by atoms with Crippen molar-refractivity contribution < 1.29 is 19.1 Å². The molecule has 52 heavy (non-hydrogen) atoms. The number of rotatable bonds is 23. The van der Waals surface area contributed by atoms with Gasteiger partial charge in [0, 0.05) is 66.3 Å². The minimum absolute atomic E-state index is 0.0180. The molecule has 1 fully saturated rings. The standard InChI is InChI=1S/C44H65N3O4S/c1-4-5-6-7-8-9-10-11-12-13-14-15-16-22-43(49)51-35-47-40-33-36(23-24-38(40)44(2,3)34-42(47)48)50-31-18-17-26-45-27-29-46(30-28-45)39-20-19-21-41-37(39)25-32-52-41/h19-21,23-25,32-33H,4-18,22,26-31,34-35H2,1-3H3. The molecule has 8 heteroatoms. The molecule has 0 atom stereocenters. The summed E-state index contributed by atoms with van der Waals surface area (Å²) in [5.41, 5.74) is 2.95. The van der Waals surface area contributed by atoms with E-state index in [1.165, 1.54) is 86.4 Å². The second-order valence-electron chi connectivity index (χ2n) is 15.7. The molecule has 1 amide bonds. The topological polar surface area (TPSA) is 62.3 Å². The van der Waals surface area contributed by atoms with E-state index in [0.717, 1.165) is 75.4 Å². The molecule has 0 aliphatic carbocycles. The normalized spacial score (nSPS) is 16.0. The molecule has 2 aliphatic rings. The highest BCUT2D eigenvalue weighted by Crippen LogP contribution is 2.42. The zero-order chi connectivity index (χ0) is 36.6. The average Bonchev–Trinajstić information content (AvgIpc) is 3.63. The lowest BCUT2D eigenvalue weighted by atomic mass is 9.77. The Morgan fingerprint density at radius 2 is 1.48 bits per heavy atom. The molecule has 3 heterocycles. The molecule has 0 spiro atoms. The van der Waals surface area contributed by atoms with Gasteiger partial charge in [-0.1, -0.05) is 110 Å². The van der Waals surface area contributed by atoms with Crippen LogP contribution in [0.4, 0.5) is 11.4 Å². The van der Waals surface area contributed by atoms with Crippen LogP contribution in [0.15, 0.2) is 47.8 Å². The van der Waals surface area contributed by atoms with E-state index in [2.05, 4.69) is 66.3 Å². The van der Waals surface area contributed by atoms with Crippen molar-refractivity contribution in [3.63, 3.8) is 0 Å². The number of unbranched alkanes of at least 4 members (excludes halogenated alkanes) is 13. The molecule has 2 aliphatic heterocycles. The van der Waals surface area contributed by atoms with E-state index < -0.39 is 0 Å². The Labute approximate surface area is 318 Å². The minimum Gasteiger partial charge on any atom is -0.494 e. The summed E-state index contributed by atoms with van der Waals surface area (Å²) in [4.78, 5) is 32.6. The van der Waals surface area contributed by atoms with Gasteiger partial charge in [-0.25, -0.2) is 0 Å². The van der Waals surface area contributed by atoms with Crippen molar-refractivity contribution >= 4 is 44.7 Å². The maximum absolute atomic E-state index is 13.3. The van der Waals surface area contributed by atoms with Gasteiger partial charge in [0.15, 0.2) is 6.73 Å². The second kappa shape index (κ2) is 21.0. The van der Waals surface area contributed by atoms with E-state index in [4.69, 9.17) is 9.47 Å². The summed E-state index contributed by atoms with van der Waals surface area (Å²) in [7, 11) is 0. The van der Waals surface area contributed by atoms with Crippen molar-refractivity contribution in [1.29, 1.82) is 0 Å². The Balaban J connectivity index is 0.972. The van der Waals surface area contributed by atoms with Gasteiger partial charge in [0.25, 0.3) is 0 Å². The van der Waals surface area contributed by atoms with Crippen LogP contribution in [0.2, 0.25) is 0 Å². The van der Waals surface area contributed by atoms with Gasteiger partial charge in [-0.05, 0) is 61.0 Å². The third-order valence-electron chi connectivity index (χ3n) is 11.0. The SMILES string of the molecule is CCCCCCCCCCCCCCCC(=O)OCN1C(=O)CC(C)(C)c2ccc(OCCCCN3CCN(c4cccc5sccc45)CC3)cc21. The maximum Gasteiger partial charge on any atom is 0.307 e. The molecule has 1 saturated heterocycles. The van der Waals surface area contributed by atoms with Crippen LogP contribution in [0.25, 0.3) is 10.1 Å². The summed E-state index contributed by atoms with van der Waals surface area (Å²) in [6.07, 6.45) is 19.4. The molecular weight excluding hydrogens is 667 g/mol. The van der Waals surface area contributed by atoms with Gasteiger partial charge >= 0.3 is 5.97 Å². The number of ether oxygens (including phenoxy) is 2. The number of anilines is 2. The predicted molar refractivity (Wildman–Crippen MR) is 218 cm³/mol. The molecular formula is C44H65N3O4S. The molecule has 0 N–H and O–H groups in total. The van der Waals surface area contributed by atoms with Gasteiger partial charge in [-0.15, -0.1) is 11.3 Å². The van der Waals surface area contributed by atoms with Crippen molar-refractivity contribution in [2.24, 2.45) is 0 Å². The third-order valence-corrected chi connectivity index (χ3v) is 11.9. The molecule has 2 aromatic carbocycles. The van der Waals surface area contributed by atoms with Crippen LogP contribution >= 0.6 is 11.3 Å². The first-order valence-corrected chi connectivity index (χ1v) is 21.4. The van der Waals surface area contributed by atoms with Crippen molar-refractivity contribution in [2.45, 2.75) is 135 Å². The lowest BCUT2D eigenvalue weighted by molar-refractivity contribution is -0.144.